The van der Waals surface area contributed by atoms with Crippen molar-refractivity contribution in [1.82, 2.24) is 19.1 Å². The topological polar surface area (TPSA) is 59.4 Å². The maximum atomic E-state index is 10.8. The van der Waals surface area contributed by atoms with Gasteiger partial charge in [0.2, 0.25) is 0 Å². The van der Waals surface area contributed by atoms with Gasteiger partial charge in [-0.1, -0.05) is 107 Å². The molecule has 0 spiro atoms. The van der Waals surface area contributed by atoms with Gasteiger partial charge in [-0.3, -0.25) is 0 Å². The molecular formula is C51H37N5. The van der Waals surface area contributed by atoms with Crippen LogP contribution in [0, 0.1) is 39.0 Å². The van der Waals surface area contributed by atoms with Crippen LogP contribution in [0.1, 0.15) is 27.8 Å². The monoisotopic (exact) mass is 719 g/mol. The van der Waals surface area contributed by atoms with Crippen molar-refractivity contribution in [2.45, 2.75) is 27.7 Å². The molecule has 0 bridgehead atoms. The van der Waals surface area contributed by atoms with E-state index in [0.717, 1.165) is 83.1 Å². The number of aromatic nitrogens is 4. The zero-order chi connectivity index (χ0) is 38.1. The van der Waals surface area contributed by atoms with Crippen LogP contribution < -0.4 is 0 Å². The second-order valence-corrected chi connectivity index (χ2v) is 14.9. The molecule has 56 heavy (non-hydrogen) atoms. The Labute approximate surface area is 325 Å². The van der Waals surface area contributed by atoms with Gasteiger partial charge in [0, 0.05) is 32.7 Å². The standard InChI is InChI=1S/C51H37N5/c1-31-15-19-44-38(23-31)39-24-32(2)16-20-45(39)55(44)48-27-35(30-52)28-49(56-46-21-17-33(3)25-40(46)41-26-34(4)18-22-47(41)56)50(48)51-53-42(36-11-7-5-8-12-36)29-43(54-51)37-13-9-6-10-14-37/h5-29H,1-4H3. The number of benzene rings is 7. The molecule has 10 aromatic rings. The molecule has 266 valence electrons. The highest BCUT2D eigenvalue weighted by Crippen LogP contribution is 2.43. The number of nitrogens with zero attached hydrogens (tertiary/aromatic N) is 5. The minimum atomic E-state index is 0.546. The average Bonchev–Trinajstić information content (AvgIpc) is 3.71. The van der Waals surface area contributed by atoms with Crippen LogP contribution in [0.15, 0.2) is 152 Å². The first-order valence-electron chi connectivity index (χ1n) is 19.0. The first-order valence-corrected chi connectivity index (χ1v) is 19.0. The summed E-state index contributed by atoms with van der Waals surface area (Å²) in [4.78, 5) is 10.9. The van der Waals surface area contributed by atoms with Crippen molar-refractivity contribution in [2.75, 3.05) is 0 Å². The van der Waals surface area contributed by atoms with Gasteiger partial charge < -0.3 is 9.13 Å². The summed E-state index contributed by atoms with van der Waals surface area (Å²) < 4.78 is 4.62. The molecule has 5 nitrogen and oxygen atoms in total. The van der Waals surface area contributed by atoms with Crippen LogP contribution in [-0.2, 0) is 0 Å². The number of nitriles is 1. The molecule has 3 aromatic heterocycles. The lowest BCUT2D eigenvalue weighted by Gasteiger charge is -2.21. The first kappa shape index (κ1) is 33.3. The number of hydrogen-bond acceptors (Lipinski definition) is 3. The van der Waals surface area contributed by atoms with E-state index in [0.29, 0.717) is 11.4 Å². The molecule has 0 amide bonds. The molecule has 10 rings (SSSR count). The highest BCUT2D eigenvalue weighted by molar-refractivity contribution is 6.12. The molecule has 0 saturated carbocycles. The minimum Gasteiger partial charge on any atom is -0.308 e. The maximum absolute atomic E-state index is 10.8. The fraction of sp³-hybridized carbons (Fsp3) is 0.0784. The summed E-state index contributed by atoms with van der Waals surface area (Å²) in [5.41, 5.74) is 15.6. The summed E-state index contributed by atoms with van der Waals surface area (Å²) in [6.07, 6.45) is 0. The number of aryl methyl sites for hydroxylation is 4. The van der Waals surface area contributed by atoms with Crippen LogP contribution in [-0.4, -0.2) is 19.1 Å². The highest BCUT2D eigenvalue weighted by atomic mass is 15.0. The molecule has 0 radical (unpaired) electrons. The van der Waals surface area contributed by atoms with E-state index in [-0.39, 0.29) is 0 Å². The molecule has 5 heteroatoms. The molecule has 0 aliphatic carbocycles. The van der Waals surface area contributed by atoms with E-state index in [1.54, 1.807) is 0 Å². The van der Waals surface area contributed by atoms with E-state index in [4.69, 9.17) is 9.97 Å². The zero-order valence-electron chi connectivity index (χ0n) is 31.7. The van der Waals surface area contributed by atoms with Gasteiger partial charge in [-0.2, -0.15) is 5.26 Å². The lowest BCUT2D eigenvalue weighted by atomic mass is 10.0. The van der Waals surface area contributed by atoms with E-state index < -0.39 is 0 Å². The molecule has 3 heterocycles. The third-order valence-corrected chi connectivity index (χ3v) is 10.9. The van der Waals surface area contributed by atoms with Gasteiger partial charge in [0.25, 0.3) is 0 Å². The van der Waals surface area contributed by atoms with E-state index in [9.17, 15) is 5.26 Å². The Balaban J connectivity index is 1.42. The quantitative estimate of drug-likeness (QED) is 0.178. The SMILES string of the molecule is Cc1ccc2c(c1)c1cc(C)ccc1n2-c1cc(C#N)cc(-n2c3ccc(C)cc3c3cc(C)ccc32)c1-c1nc(-c2ccccc2)cc(-c2ccccc2)n1. The molecule has 0 saturated heterocycles. The van der Waals surface area contributed by atoms with Crippen LogP contribution >= 0.6 is 0 Å². The van der Waals surface area contributed by atoms with Crippen molar-refractivity contribution in [3.05, 3.63) is 179 Å². The van der Waals surface area contributed by atoms with Gasteiger partial charge in [-0.05, 0) is 94.4 Å². The van der Waals surface area contributed by atoms with Crippen molar-refractivity contribution < 1.29 is 0 Å². The van der Waals surface area contributed by atoms with Gasteiger partial charge in [0.05, 0.1) is 62.0 Å². The molecule has 0 N–H and O–H groups in total. The average molecular weight is 720 g/mol. The predicted molar refractivity (Wildman–Crippen MR) is 231 cm³/mol. The zero-order valence-corrected chi connectivity index (χ0v) is 31.7. The Bertz CT molecular complexity index is 2910. The van der Waals surface area contributed by atoms with Crippen molar-refractivity contribution in [3.63, 3.8) is 0 Å². The molecule has 0 unspecified atom stereocenters. The van der Waals surface area contributed by atoms with Crippen LogP contribution in [0.5, 0.6) is 0 Å². The second-order valence-electron chi connectivity index (χ2n) is 14.9. The maximum Gasteiger partial charge on any atom is 0.164 e. The van der Waals surface area contributed by atoms with Gasteiger partial charge >= 0.3 is 0 Å². The van der Waals surface area contributed by atoms with Crippen molar-refractivity contribution in [1.29, 1.82) is 5.26 Å². The predicted octanol–water partition coefficient (Wildman–Crippen LogP) is 12.8. The minimum absolute atomic E-state index is 0.546. The third-order valence-electron chi connectivity index (χ3n) is 10.9. The smallest absolute Gasteiger partial charge is 0.164 e. The fourth-order valence-electron chi connectivity index (χ4n) is 8.35. The van der Waals surface area contributed by atoms with Crippen molar-refractivity contribution >= 4 is 43.6 Å². The van der Waals surface area contributed by atoms with E-state index in [2.05, 4.69) is 146 Å². The molecular weight excluding hydrogens is 683 g/mol. The number of rotatable bonds is 5. The summed E-state index contributed by atoms with van der Waals surface area (Å²) in [7, 11) is 0. The van der Waals surface area contributed by atoms with Crippen LogP contribution in [0.4, 0.5) is 0 Å². The van der Waals surface area contributed by atoms with Crippen LogP contribution in [0.3, 0.4) is 0 Å². The van der Waals surface area contributed by atoms with E-state index in [1.807, 2.05) is 48.5 Å². The Hall–Kier alpha value is -7.29. The normalized spacial score (nSPS) is 11.6. The van der Waals surface area contributed by atoms with E-state index in [1.165, 1.54) is 22.3 Å². The largest absolute Gasteiger partial charge is 0.308 e. The highest BCUT2D eigenvalue weighted by Gasteiger charge is 2.26. The molecule has 0 aliphatic heterocycles. The second kappa shape index (κ2) is 12.9. The van der Waals surface area contributed by atoms with Gasteiger partial charge in [-0.15, -0.1) is 0 Å². The Kier molecular flexibility index (Phi) is 7.69. The Morgan fingerprint density at radius 1 is 0.429 bits per heavy atom. The van der Waals surface area contributed by atoms with Crippen molar-refractivity contribution in [2.24, 2.45) is 0 Å². The number of hydrogen-bond donors (Lipinski definition) is 0. The van der Waals surface area contributed by atoms with Gasteiger partial charge in [0.1, 0.15) is 0 Å². The fourth-order valence-corrected chi connectivity index (χ4v) is 8.35. The lowest BCUT2D eigenvalue weighted by Crippen LogP contribution is -2.07. The molecule has 0 fully saturated rings. The summed E-state index contributed by atoms with van der Waals surface area (Å²) in [5.74, 6) is 0.572. The molecule has 0 aliphatic rings. The molecule has 7 aromatic carbocycles. The Morgan fingerprint density at radius 3 is 1.12 bits per heavy atom. The van der Waals surface area contributed by atoms with Crippen LogP contribution in [0.2, 0.25) is 0 Å². The summed E-state index contributed by atoms with van der Waals surface area (Å²) in [6.45, 7) is 8.55. The van der Waals surface area contributed by atoms with Gasteiger partial charge in [0.15, 0.2) is 5.82 Å². The first-order chi connectivity index (χ1) is 27.3. The Morgan fingerprint density at radius 2 is 0.786 bits per heavy atom. The number of fused-ring (bicyclic) bond motifs is 6. The van der Waals surface area contributed by atoms with Crippen LogP contribution in [0.25, 0.3) is 88.9 Å². The third kappa shape index (κ3) is 5.38. The summed E-state index contributed by atoms with van der Waals surface area (Å²) in [5, 5.41) is 15.5. The lowest BCUT2D eigenvalue weighted by molar-refractivity contribution is 1.10. The van der Waals surface area contributed by atoms with E-state index >= 15 is 0 Å². The summed E-state index contributed by atoms with van der Waals surface area (Å²) in [6, 6.07) is 55.8. The molecule has 0 atom stereocenters. The van der Waals surface area contributed by atoms with Crippen molar-refractivity contribution in [3.8, 4) is 51.3 Å². The van der Waals surface area contributed by atoms with Gasteiger partial charge in [-0.25, -0.2) is 9.97 Å². The summed E-state index contributed by atoms with van der Waals surface area (Å²) >= 11 is 0.